The van der Waals surface area contributed by atoms with Crippen LogP contribution >= 0.6 is 0 Å². The molecule has 0 spiro atoms. The number of hydrogen-bond acceptors (Lipinski definition) is 0. The lowest BCUT2D eigenvalue weighted by Crippen LogP contribution is -2.29. The van der Waals surface area contributed by atoms with Crippen LogP contribution in [0.25, 0.3) is 0 Å². The van der Waals surface area contributed by atoms with Gasteiger partial charge in [0.25, 0.3) is 0 Å². The Labute approximate surface area is 495 Å². The molecule has 0 radical (unpaired) electrons. The van der Waals surface area contributed by atoms with Gasteiger partial charge in [-0.15, -0.1) is 0 Å². The Kier molecular flexibility index (Phi) is 25.5. The van der Waals surface area contributed by atoms with Crippen molar-refractivity contribution in [1.29, 1.82) is 0 Å². The molecule has 0 saturated carbocycles. The number of aryl methyl sites for hydroxylation is 5. The van der Waals surface area contributed by atoms with E-state index in [0.29, 0.717) is 11.8 Å². The predicted octanol–water partition coefficient (Wildman–Crippen LogP) is 24.9. The Bertz CT molecular complexity index is 2440. The number of rotatable bonds is 7. The van der Waals surface area contributed by atoms with Gasteiger partial charge in [0.05, 0.1) is 0 Å². The summed E-state index contributed by atoms with van der Waals surface area (Å²) < 4.78 is 53.1. The normalized spacial score (nSPS) is 15.1. The summed E-state index contributed by atoms with van der Waals surface area (Å²) in [4.78, 5) is 0. The van der Waals surface area contributed by atoms with E-state index in [-0.39, 0.29) is 38.4 Å². The largest absolute Gasteiger partial charge is 0.0651 e. The van der Waals surface area contributed by atoms with Crippen LogP contribution in [-0.2, 0) is 34.5 Å². The van der Waals surface area contributed by atoms with Gasteiger partial charge in [0, 0.05) is 9.60 Å². The van der Waals surface area contributed by atoms with Gasteiger partial charge in [-0.25, -0.2) is 0 Å². The molecule has 442 valence electrons. The van der Waals surface area contributed by atoms with Gasteiger partial charge in [-0.1, -0.05) is 300 Å². The summed E-state index contributed by atoms with van der Waals surface area (Å²) in [6, 6.07) is 24.7. The first-order chi connectivity index (χ1) is 37.0. The molecule has 0 bridgehead atoms. The highest BCUT2D eigenvalue weighted by molar-refractivity contribution is 5.44. The van der Waals surface area contributed by atoms with E-state index in [1.54, 1.807) is 43.0 Å². The van der Waals surface area contributed by atoms with E-state index in [1.807, 2.05) is 6.92 Å². The first-order valence-corrected chi connectivity index (χ1v) is 29.9. The maximum atomic E-state index is 8.23. The van der Waals surface area contributed by atoms with Crippen molar-refractivity contribution in [3.05, 3.63) is 139 Å². The van der Waals surface area contributed by atoms with Crippen molar-refractivity contribution < 1.29 is 9.60 Å². The average molecular weight is 1070 g/mol. The van der Waals surface area contributed by atoms with Crippen LogP contribution in [0.5, 0.6) is 0 Å². The third-order valence-corrected chi connectivity index (χ3v) is 14.3. The molecule has 77 heavy (non-hydrogen) atoms. The molecule has 0 heteroatoms. The lowest BCUT2D eigenvalue weighted by molar-refractivity contribution is 0.121. The summed E-state index contributed by atoms with van der Waals surface area (Å²) in [5.41, 5.74) is 19.4. The molecule has 0 aromatic heterocycles. The first-order valence-electron chi connectivity index (χ1n) is 33.4. The van der Waals surface area contributed by atoms with E-state index < -0.39 is 24.5 Å². The Balaban J connectivity index is 0. The fraction of sp³-hybridized carbons (Fsp3) is 0.688. The van der Waals surface area contributed by atoms with Crippen LogP contribution in [0, 0.1) is 74.5 Å². The monoisotopic (exact) mass is 1070 g/mol. The Morgan fingerprint density at radius 3 is 0.909 bits per heavy atom. The minimum absolute atomic E-state index is 0.0469. The van der Waals surface area contributed by atoms with Crippen molar-refractivity contribution in [1.82, 2.24) is 0 Å². The number of benzene rings is 4. The molecule has 0 heterocycles. The van der Waals surface area contributed by atoms with Crippen molar-refractivity contribution in [3.63, 3.8) is 0 Å². The van der Waals surface area contributed by atoms with E-state index in [0.717, 1.165) is 18.8 Å². The second kappa shape index (κ2) is 31.2. The van der Waals surface area contributed by atoms with E-state index in [9.17, 15) is 0 Å². The van der Waals surface area contributed by atoms with Gasteiger partial charge in [-0.05, 0) is 188 Å². The van der Waals surface area contributed by atoms with Gasteiger partial charge in [0.2, 0.25) is 0 Å². The summed E-state index contributed by atoms with van der Waals surface area (Å²) in [6.45, 7) is 75.0. The maximum Gasteiger partial charge on any atom is 0.0311 e. The van der Waals surface area contributed by atoms with Crippen LogP contribution < -0.4 is 0 Å². The molecule has 0 aliphatic carbocycles. The van der Waals surface area contributed by atoms with Gasteiger partial charge in [0.1, 0.15) is 0 Å². The van der Waals surface area contributed by atoms with E-state index >= 15 is 0 Å². The second-order valence-corrected chi connectivity index (χ2v) is 31.3. The lowest BCUT2D eigenvalue weighted by atomic mass is 9.68. The zero-order chi connectivity index (χ0) is 67.5. The fourth-order valence-electron chi connectivity index (χ4n) is 11.1. The molecule has 4 rings (SSSR count). The van der Waals surface area contributed by atoms with Crippen molar-refractivity contribution >= 4 is 0 Å². The van der Waals surface area contributed by atoms with Crippen LogP contribution in [-0.4, -0.2) is 0 Å². The molecule has 0 aliphatic heterocycles. The molecule has 0 N–H and O–H groups in total. The molecule has 0 nitrogen and oxygen atoms in total. The second-order valence-electron chi connectivity index (χ2n) is 31.3. The highest BCUT2D eigenvalue weighted by Gasteiger charge is 2.30. The van der Waals surface area contributed by atoms with Crippen molar-refractivity contribution in [2.24, 2.45) is 39.9 Å². The average Bonchev–Trinajstić information content (AvgIpc) is 3.22. The topological polar surface area (TPSA) is 0 Å². The van der Waals surface area contributed by atoms with Crippen LogP contribution in [0.15, 0.2) is 66.7 Å². The molecule has 4 aromatic carbocycles. The molecular formula is C77H134. The van der Waals surface area contributed by atoms with Gasteiger partial charge in [-0.3, -0.25) is 0 Å². The summed E-state index contributed by atoms with van der Waals surface area (Å²) >= 11 is 0. The zero-order valence-electron chi connectivity index (χ0n) is 65.1. The summed E-state index contributed by atoms with van der Waals surface area (Å²) in [7, 11) is 0. The molecule has 0 fully saturated rings. The predicted molar refractivity (Wildman–Crippen MR) is 356 cm³/mol. The van der Waals surface area contributed by atoms with E-state index in [1.165, 1.54) is 62.9 Å². The number of hydrogen-bond donors (Lipinski definition) is 0. The lowest BCUT2D eigenvalue weighted by Gasteiger charge is -2.38. The maximum absolute atomic E-state index is 8.23. The standard InChI is InChI=1S/C18H30.C16H26.C13H20.C12H18.C10H22.C8H18/c1-13(2)11-15-9-8-10-16(12-14(3)4)17(15)18(5,6)7;1-11(2)13-9-8-10-14(12(3)4)15(13)16(5,6)7;1-9-7-10(2)12(11(3)8-9)13(4,5)6;1-9-7-6-8-10(2)11(9)12(3,4)5;1-8(9(2,3)4)10(5,6)7;1-6-7(2)8(3,4)5/h8-10,13-14H,11-12H2,1-7H3;8-12H,1-7H3;7-8H,1-6H3;6-8H,1-5H3;8H,1-7H3;7H,6H2,1-5H3/i;;;;8D;2D3,6D2,7D. The molecule has 1 unspecified atom stereocenters. The summed E-state index contributed by atoms with van der Waals surface area (Å²) in [5, 5.41) is 0. The van der Waals surface area contributed by atoms with Crippen molar-refractivity contribution in [2.45, 2.75) is 309 Å². The van der Waals surface area contributed by atoms with Gasteiger partial charge in [0.15, 0.2) is 0 Å². The fourth-order valence-corrected chi connectivity index (χ4v) is 11.1. The van der Waals surface area contributed by atoms with Crippen LogP contribution in [0.3, 0.4) is 0 Å². The highest BCUT2D eigenvalue weighted by Crippen LogP contribution is 2.40. The first kappa shape index (κ1) is 63.1. The van der Waals surface area contributed by atoms with Crippen molar-refractivity contribution in [2.75, 3.05) is 0 Å². The molecular weight excluding hydrogens is 925 g/mol. The highest BCUT2D eigenvalue weighted by atomic mass is 14.4. The smallest absolute Gasteiger partial charge is 0.0311 e. The third kappa shape index (κ3) is 27.7. The Hall–Kier alpha value is -3.12. The molecule has 4 aromatic rings. The van der Waals surface area contributed by atoms with Gasteiger partial charge in [-0.2, -0.15) is 0 Å². The van der Waals surface area contributed by atoms with Crippen LogP contribution in [0.4, 0.5) is 0 Å². The van der Waals surface area contributed by atoms with Crippen molar-refractivity contribution in [3.8, 4) is 0 Å². The Morgan fingerprint density at radius 1 is 0.403 bits per heavy atom. The summed E-state index contributed by atoms with van der Waals surface area (Å²) in [5.74, 6) is 0.175. The SMILES string of the molecule is CC(C)Cc1cccc(CC(C)C)c1C(C)(C)C.CC(C)c1cccc(C(C)C)c1C(C)(C)C.Cc1cc(C)c(C(C)(C)C)c(C)c1.Cc1cccc(C)c1C(C)(C)C.[2H]C(C)(C(C)(C)C)C(C)(C)C.[2H]C([2H])([2H])C([2H])(C([2H])([2H])C)C(C)(C)C. The molecule has 1 atom stereocenters. The minimum atomic E-state index is -2.64. The van der Waals surface area contributed by atoms with E-state index in [2.05, 4.69) is 281 Å². The molecule has 0 amide bonds. The van der Waals surface area contributed by atoms with E-state index in [4.69, 9.17) is 9.60 Å². The molecule has 0 saturated heterocycles. The minimum Gasteiger partial charge on any atom is -0.0651 e. The van der Waals surface area contributed by atoms with Gasteiger partial charge >= 0.3 is 0 Å². The zero-order valence-corrected chi connectivity index (χ0v) is 58.1. The summed E-state index contributed by atoms with van der Waals surface area (Å²) in [6.07, 6.45) is 0.313. The Morgan fingerprint density at radius 2 is 0.701 bits per heavy atom. The third-order valence-electron chi connectivity index (χ3n) is 14.3. The quantitative estimate of drug-likeness (QED) is 0.173. The van der Waals surface area contributed by atoms with Crippen LogP contribution in [0.2, 0.25) is 0 Å². The van der Waals surface area contributed by atoms with Crippen LogP contribution in [0.1, 0.15) is 322 Å². The molecule has 0 aliphatic rings. The van der Waals surface area contributed by atoms with Gasteiger partial charge < -0.3 is 0 Å².